The molecule has 1 atom stereocenters. The van der Waals surface area contributed by atoms with E-state index in [1.165, 1.54) is 29.5 Å². The summed E-state index contributed by atoms with van der Waals surface area (Å²) in [6.45, 7) is 0.970. The molecule has 3 rings (SSSR count). The first-order valence-electron chi connectivity index (χ1n) is 7.82. The minimum atomic E-state index is 0.107. The number of aliphatic hydroxyl groups is 1. The Kier molecular flexibility index (Phi) is 4.69. The molecule has 0 aliphatic heterocycles. The predicted molar refractivity (Wildman–Crippen MR) is 86.3 cm³/mol. The van der Waals surface area contributed by atoms with Crippen LogP contribution < -0.4 is 5.32 Å². The topological polar surface area (TPSA) is 32.3 Å². The van der Waals surface area contributed by atoms with E-state index in [1.54, 1.807) is 0 Å². The van der Waals surface area contributed by atoms with Crippen molar-refractivity contribution < 1.29 is 5.11 Å². The van der Waals surface area contributed by atoms with Crippen LogP contribution in [0.2, 0.25) is 0 Å². The first kappa shape index (κ1) is 14.3. The summed E-state index contributed by atoms with van der Waals surface area (Å²) >= 11 is 0. The molecule has 2 aromatic carbocycles. The van der Waals surface area contributed by atoms with E-state index >= 15 is 0 Å². The van der Waals surface area contributed by atoms with E-state index in [0.717, 1.165) is 18.9 Å². The van der Waals surface area contributed by atoms with E-state index in [1.807, 2.05) is 18.2 Å². The highest BCUT2D eigenvalue weighted by molar-refractivity contribution is 5.28. The highest BCUT2D eigenvalue weighted by Gasteiger charge is 2.22. The largest absolute Gasteiger partial charge is 0.395 e. The minimum absolute atomic E-state index is 0.107. The lowest BCUT2D eigenvalue weighted by atomic mass is 10.1. The second-order valence-electron chi connectivity index (χ2n) is 5.97. The standard InChI is InChI=1S/C19H23NO/c21-14-19(12-15-4-2-1-3-5-15)20-13-16-6-8-17(9-7-16)18-10-11-18/h1-9,18-21H,10-14H2/t19-/m1/s1. The molecule has 2 N–H and O–H groups in total. The Hall–Kier alpha value is -1.64. The van der Waals surface area contributed by atoms with Crippen LogP contribution in [0, 0.1) is 0 Å². The fourth-order valence-corrected chi connectivity index (χ4v) is 2.69. The SMILES string of the molecule is OC[C@@H](Cc1ccccc1)NCc1ccc(C2CC2)cc1. The second-order valence-corrected chi connectivity index (χ2v) is 5.97. The molecule has 0 unspecified atom stereocenters. The third kappa shape index (κ3) is 4.16. The van der Waals surface area contributed by atoms with E-state index in [9.17, 15) is 5.11 Å². The van der Waals surface area contributed by atoms with Gasteiger partial charge in [0.1, 0.15) is 0 Å². The molecule has 0 aromatic heterocycles. The van der Waals surface area contributed by atoms with Crippen molar-refractivity contribution in [2.45, 2.75) is 37.8 Å². The van der Waals surface area contributed by atoms with Crippen molar-refractivity contribution in [3.8, 4) is 0 Å². The quantitative estimate of drug-likeness (QED) is 0.816. The van der Waals surface area contributed by atoms with E-state index in [0.29, 0.717) is 0 Å². The first-order valence-corrected chi connectivity index (χ1v) is 7.82. The van der Waals surface area contributed by atoms with Crippen molar-refractivity contribution in [2.75, 3.05) is 6.61 Å². The number of hydrogen-bond acceptors (Lipinski definition) is 2. The zero-order valence-corrected chi connectivity index (χ0v) is 12.3. The molecule has 0 spiro atoms. The molecule has 0 heterocycles. The molecule has 110 valence electrons. The van der Waals surface area contributed by atoms with Crippen LogP contribution in [0.25, 0.3) is 0 Å². The Bertz CT molecular complexity index is 546. The molecular formula is C19H23NO. The highest BCUT2D eigenvalue weighted by Crippen LogP contribution is 2.39. The maximum absolute atomic E-state index is 9.53. The molecule has 0 amide bonds. The zero-order chi connectivity index (χ0) is 14.5. The molecule has 2 heteroatoms. The average Bonchev–Trinajstić information content (AvgIpc) is 3.38. The second kappa shape index (κ2) is 6.88. The Morgan fingerprint density at radius 3 is 2.29 bits per heavy atom. The van der Waals surface area contributed by atoms with Gasteiger partial charge in [0, 0.05) is 12.6 Å². The van der Waals surface area contributed by atoms with E-state index in [2.05, 4.69) is 41.7 Å². The van der Waals surface area contributed by atoms with E-state index in [-0.39, 0.29) is 12.6 Å². The smallest absolute Gasteiger partial charge is 0.0587 e. The maximum atomic E-state index is 9.53. The lowest BCUT2D eigenvalue weighted by molar-refractivity contribution is 0.241. The third-order valence-corrected chi connectivity index (χ3v) is 4.17. The van der Waals surface area contributed by atoms with Gasteiger partial charge in [-0.3, -0.25) is 0 Å². The molecule has 2 nitrogen and oxygen atoms in total. The molecule has 1 saturated carbocycles. The molecule has 0 saturated heterocycles. The minimum Gasteiger partial charge on any atom is -0.395 e. The van der Waals surface area contributed by atoms with Crippen LogP contribution in [-0.2, 0) is 13.0 Å². The Labute approximate surface area is 126 Å². The van der Waals surface area contributed by atoms with Crippen LogP contribution in [0.15, 0.2) is 54.6 Å². The summed E-state index contributed by atoms with van der Waals surface area (Å²) in [7, 11) is 0. The number of nitrogens with one attached hydrogen (secondary N) is 1. The first-order chi connectivity index (χ1) is 10.3. The molecule has 1 fully saturated rings. The van der Waals surface area contributed by atoms with Crippen LogP contribution in [0.3, 0.4) is 0 Å². The molecule has 0 radical (unpaired) electrons. The van der Waals surface area contributed by atoms with Gasteiger partial charge in [0.25, 0.3) is 0 Å². The Morgan fingerprint density at radius 1 is 0.952 bits per heavy atom. The summed E-state index contributed by atoms with van der Waals surface area (Å²) < 4.78 is 0. The molecule has 2 aromatic rings. The molecule has 21 heavy (non-hydrogen) atoms. The van der Waals surface area contributed by atoms with Crippen molar-refractivity contribution in [1.29, 1.82) is 0 Å². The summed E-state index contributed by atoms with van der Waals surface area (Å²) in [4.78, 5) is 0. The van der Waals surface area contributed by atoms with E-state index < -0.39 is 0 Å². The van der Waals surface area contributed by atoms with Crippen molar-refractivity contribution in [2.24, 2.45) is 0 Å². The van der Waals surface area contributed by atoms with Gasteiger partial charge >= 0.3 is 0 Å². The summed E-state index contributed by atoms with van der Waals surface area (Å²) in [6, 6.07) is 19.3. The van der Waals surface area contributed by atoms with Crippen LogP contribution >= 0.6 is 0 Å². The lowest BCUT2D eigenvalue weighted by Gasteiger charge is -2.16. The highest BCUT2D eigenvalue weighted by atomic mass is 16.3. The van der Waals surface area contributed by atoms with Gasteiger partial charge in [-0.25, -0.2) is 0 Å². The average molecular weight is 281 g/mol. The summed E-state index contributed by atoms with van der Waals surface area (Å²) in [5, 5.41) is 13.0. The summed E-state index contributed by atoms with van der Waals surface area (Å²) in [5.41, 5.74) is 4.01. The monoisotopic (exact) mass is 281 g/mol. The van der Waals surface area contributed by atoms with Gasteiger partial charge < -0.3 is 10.4 Å². The Balaban J connectivity index is 1.52. The van der Waals surface area contributed by atoms with Crippen molar-refractivity contribution in [1.82, 2.24) is 5.32 Å². The van der Waals surface area contributed by atoms with E-state index in [4.69, 9.17) is 0 Å². The molecule has 0 bridgehead atoms. The zero-order valence-electron chi connectivity index (χ0n) is 12.3. The number of rotatable bonds is 7. The van der Waals surface area contributed by atoms with Crippen molar-refractivity contribution >= 4 is 0 Å². The lowest BCUT2D eigenvalue weighted by Crippen LogP contribution is -2.34. The van der Waals surface area contributed by atoms with Crippen LogP contribution in [0.1, 0.15) is 35.4 Å². The molecule has 1 aliphatic rings. The van der Waals surface area contributed by atoms with Crippen LogP contribution in [0.5, 0.6) is 0 Å². The van der Waals surface area contributed by atoms with Crippen LogP contribution in [0.4, 0.5) is 0 Å². The summed E-state index contributed by atoms with van der Waals surface area (Å²) in [5.74, 6) is 0.815. The van der Waals surface area contributed by atoms with Crippen LogP contribution in [-0.4, -0.2) is 17.8 Å². The van der Waals surface area contributed by atoms with Gasteiger partial charge in [0.15, 0.2) is 0 Å². The maximum Gasteiger partial charge on any atom is 0.0587 e. The Morgan fingerprint density at radius 2 is 1.67 bits per heavy atom. The number of hydrogen-bond donors (Lipinski definition) is 2. The molecule has 1 aliphatic carbocycles. The van der Waals surface area contributed by atoms with Gasteiger partial charge in [-0.15, -0.1) is 0 Å². The van der Waals surface area contributed by atoms with Crippen molar-refractivity contribution in [3.63, 3.8) is 0 Å². The van der Waals surface area contributed by atoms with Gasteiger partial charge in [0.05, 0.1) is 6.61 Å². The third-order valence-electron chi connectivity index (χ3n) is 4.17. The summed E-state index contributed by atoms with van der Waals surface area (Å²) in [6.07, 6.45) is 3.56. The number of benzene rings is 2. The fraction of sp³-hybridized carbons (Fsp3) is 0.368. The number of aliphatic hydroxyl groups excluding tert-OH is 1. The van der Waals surface area contributed by atoms with Gasteiger partial charge in [-0.05, 0) is 41.9 Å². The van der Waals surface area contributed by atoms with Gasteiger partial charge in [-0.2, -0.15) is 0 Å². The fourth-order valence-electron chi connectivity index (χ4n) is 2.69. The predicted octanol–water partition coefficient (Wildman–Crippen LogP) is 3.26. The molecular weight excluding hydrogens is 258 g/mol. The normalized spacial score (nSPS) is 15.9. The van der Waals surface area contributed by atoms with Crippen molar-refractivity contribution in [3.05, 3.63) is 71.3 Å². The van der Waals surface area contributed by atoms with Gasteiger partial charge in [0.2, 0.25) is 0 Å². The van der Waals surface area contributed by atoms with Gasteiger partial charge in [-0.1, -0.05) is 54.6 Å².